The largest absolute Gasteiger partial charge is 0.388 e. The zero-order valence-electron chi connectivity index (χ0n) is 4.46. The Balaban J connectivity index is -0.000000125. The molecule has 0 aromatic heterocycles. The Morgan fingerprint density at radius 2 is 1.38 bits per heavy atom. The molecule has 0 saturated carbocycles. The van der Waals surface area contributed by atoms with E-state index < -0.39 is 12.6 Å². The highest BCUT2D eigenvalue weighted by Crippen LogP contribution is 2.17. The monoisotopic (exact) mass is 243 g/mol. The molecule has 0 heterocycles. The second-order valence-corrected chi connectivity index (χ2v) is 0.969. The average Bonchev–Trinajstić information content (AvgIpc) is 1.35. The normalized spacial score (nSPS) is 9.00. The van der Waals surface area contributed by atoms with E-state index in [-0.39, 0.29) is 30.1 Å². The van der Waals surface area contributed by atoms with E-state index in [1.165, 1.54) is 0 Å². The third kappa shape index (κ3) is 16.1. The molecule has 0 atom stereocenters. The summed E-state index contributed by atoms with van der Waals surface area (Å²) in [5.74, 6) is 0. The standard InChI is InChI=1S/C3H5F3.HI.H3N/c1-2-3(4,5)6;;/h2H2,1H3;1H;1H3. The van der Waals surface area contributed by atoms with Gasteiger partial charge in [-0.1, -0.05) is 6.92 Å². The van der Waals surface area contributed by atoms with Crippen LogP contribution in [0, 0.1) is 0 Å². The molecule has 0 rings (SSSR count). The lowest BCUT2D eigenvalue weighted by Crippen LogP contribution is -2.02. The van der Waals surface area contributed by atoms with Crippen LogP contribution in [0.5, 0.6) is 0 Å². The van der Waals surface area contributed by atoms with Crippen LogP contribution in [-0.4, -0.2) is 6.18 Å². The van der Waals surface area contributed by atoms with Crippen molar-refractivity contribution in [1.82, 2.24) is 6.15 Å². The lowest BCUT2D eigenvalue weighted by molar-refractivity contribution is -0.130. The van der Waals surface area contributed by atoms with Crippen molar-refractivity contribution in [3.05, 3.63) is 0 Å². The van der Waals surface area contributed by atoms with Crippen molar-refractivity contribution in [1.29, 1.82) is 0 Å². The summed E-state index contributed by atoms with van der Waals surface area (Å²) in [5, 5.41) is 0. The first kappa shape index (κ1) is 15.8. The lowest BCUT2D eigenvalue weighted by atomic mass is 10.5. The van der Waals surface area contributed by atoms with Gasteiger partial charge < -0.3 is 6.15 Å². The minimum atomic E-state index is -3.96. The second-order valence-electron chi connectivity index (χ2n) is 0.969. The van der Waals surface area contributed by atoms with E-state index in [4.69, 9.17) is 0 Å². The molecule has 0 aliphatic heterocycles. The first-order valence-corrected chi connectivity index (χ1v) is 1.63. The fourth-order valence-electron chi connectivity index (χ4n) is 0. The van der Waals surface area contributed by atoms with Gasteiger partial charge in [0.15, 0.2) is 0 Å². The van der Waals surface area contributed by atoms with Crippen LogP contribution in [0.25, 0.3) is 0 Å². The molecule has 0 aliphatic carbocycles. The van der Waals surface area contributed by atoms with Crippen LogP contribution in [0.1, 0.15) is 13.3 Å². The van der Waals surface area contributed by atoms with Crippen molar-refractivity contribution in [2.75, 3.05) is 0 Å². The first-order chi connectivity index (χ1) is 2.56. The zero-order chi connectivity index (χ0) is 5.21. The van der Waals surface area contributed by atoms with E-state index in [1.54, 1.807) is 0 Å². The van der Waals surface area contributed by atoms with Crippen molar-refractivity contribution < 1.29 is 13.2 Å². The van der Waals surface area contributed by atoms with Crippen LogP contribution >= 0.6 is 24.0 Å². The zero-order valence-corrected chi connectivity index (χ0v) is 6.79. The van der Waals surface area contributed by atoms with E-state index in [0.717, 1.165) is 6.92 Å². The predicted octanol–water partition coefficient (Wildman–Crippen LogP) is 2.74. The van der Waals surface area contributed by atoms with Crippen LogP contribution in [0.15, 0.2) is 0 Å². The summed E-state index contributed by atoms with van der Waals surface area (Å²) in [6, 6.07) is 0. The van der Waals surface area contributed by atoms with Crippen LogP contribution < -0.4 is 6.15 Å². The van der Waals surface area contributed by atoms with Gasteiger partial charge in [0.1, 0.15) is 0 Å². The molecular formula is C3H9F3IN. The van der Waals surface area contributed by atoms with Gasteiger partial charge in [-0.3, -0.25) is 0 Å². The third-order valence-corrected chi connectivity index (χ3v) is 0.401. The molecule has 0 bridgehead atoms. The molecule has 0 fully saturated rings. The average molecular weight is 243 g/mol. The minimum Gasteiger partial charge on any atom is -0.344 e. The molecule has 0 aliphatic rings. The number of rotatable bonds is 0. The molecule has 8 heavy (non-hydrogen) atoms. The van der Waals surface area contributed by atoms with Gasteiger partial charge in [-0.05, 0) is 0 Å². The molecule has 0 radical (unpaired) electrons. The Morgan fingerprint density at radius 1 is 1.25 bits per heavy atom. The van der Waals surface area contributed by atoms with Gasteiger partial charge >= 0.3 is 6.18 Å². The highest BCUT2D eigenvalue weighted by molar-refractivity contribution is 14.0. The lowest BCUT2D eigenvalue weighted by Gasteiger charge is -1.96. The van der Waals surface area contributed by atoms with Gasteiger partial charge in [-0.2, -0.15) is 13.2 Å². The Bertz CT molecular complexity index is 44.3. The van der Waals surface area contributed by atoms with E-state index in [2.05, 4.69) is 0 Å². The van der Waals surface area contributed by atoms with Gasteiger partial charge in [0, 0.05) is 6.42 Å². The van der Waals surface area contributed by atoms with Crippen LogP contribution in [-0.2, 0) is 0 Å². The first-order valence-electron chi connectivity index (χ1n) is 1.63. The highest BCUT2D eigenvalue weighted by atomic mass is 127. The fourth-order valence-corrected chi connectivity index (χ4v) is 0. The van der Waals surface area contributed by atoms with E-state index in [0.29, 0.717) is 0 Å². The Kier molecular flexibility index (Phi) is 11.1. The SMILES string of the molecule is CCC(F)(F)F.I.N. The summed E-state index contributed by atoms with van der Waals surface area (Å²) in [4.78, 5) is 0. The quantitative estimate of drug-likeness (QED) is 0.652. The van der Waals surface area contributed by atoms with Gasteiger partial charge in [0.05, 0.1) is 0 Å². The molecule has 0 spiro atoms. The maximum atomic E-state index is 10.8. The van der Waals surface area contributed by atoms with E-state index in [9.17, 15) is 13.2 Å². The molecule has 54 valence electrons. The number of halogens is 4. The van der Waals surface area contributed by atoms with Crippen molar-refractivity contribution in [3.63, 3.8) is 0 Å². The summed E-state index contributed by atoms with van der Waals surface area (Å²) in [6.45, 7) is 1.08. The Hall–Kier alpha value is 0.480. The molecular weight excluding hydrogens is 234 g/mol. The van der Waals surface area contributed by atoms with Crippen molar-refractivity contribution >= 4 is 24.0 Å². The van der Waals surface area contributed by atoms with E-state index in [1.807, 2.05) is 0 Å². The predicted molar refractivity (Wildman–Crippen MR) is 36.8 cm³/mol. The number of hydrogen-bond acceptors (Lipinski definition) is 1. The molecule has 0 unspecified atom stereocenters. The van der Waals surface area contributed by atoms with Crippen molar-refractivity contribution in [2.24, 2.45) is 0 Å². The topological polar surface area (TPSA) is 35.0 Å². The van der Waals surface area contributed by atoms with Crippen LogP contribution in [0.2, 0.25) is 0 Å². The maximum absolute atomic E-state index is 10.8. The van der Waals surface area contributed by atoms with Gasteiger partial charge in [-0.15, -0.1) is 24.0 Å². The Labute approximate surface area is 63.2 Å². The summed E-state index contributed by atoms with van der Waals surface area (Å²) >= 11 is 0. The summed E-state index contributed by atoms with van der Waals surface area (Å²) in [6.07, 6.45) is -4.69. The summed E-state index contributed by atoms with van der Waals surface area (Å²) in [7, 11) is 0. The highest BCUT2D eigenvalue weighted by Gasteiger charge is 2.22. The molecule has 0 saturated heterocycles. The molecule has 0 amide bonds. The second kappa shape index (κ2) is 5.61. The number of alkyl halides is 3. The summed E-state index contributed by atoms with van der Waals surface area (Å²) in [5.41, 5.74) is 0. The third-order valence-electron chi connectivity index (χ3n) is 0.401. The van der Waals surface area contributed by atoms with Crippen molar-refractivity contribution in [3.8, 4) is 0 Å². The maximum Gasteiger partial charge on any atom is 0.388 e. The molecule has 1 nitrogen and oxygen atoms in total. The number of hydrogen-bond donors (Lipinski definition) is 1. The van der Waals surface area contributed by atoms with Crippen LogP contribution in [0.4, 0.5) is 13.2 Å². The van der Waals surface area contributed by atoms with Gasteiger partial charge in [-0.25, -0.2) is 0 Å². The summed E-state index contributed by atoms with van der Waals surface area (Å²) < 4.78 is 32.4. The molecule has 0 aromatic rings. The van der Waals surface area contributed by atoms with Crippen LogP contribution in [0.3, 0.4) is 0 Å². The van der Waals surface area contributed by atoms with Gasteiger partial charge in [0.25, 0.3) is 0 Å². The smallest absolute Gasteiger partial charge is 0.344 e. The fraction of sp³-hybridized carbons (Fsp3) is 1.00. The van der Waals surface area contributed by atoms with Gasteiger partial charge in [0.2, 0.25) is 0 Å². The van der Waals surface area contributed by atoms with Crippen molar-refractivity contribution in [2.45, 2.75) is 19.5 Å². The molecule has 3 N–H and O–H groups in total. The molecule has 5 heteroatoms. The minimum absolute atomic E-state index is 0. The molecule has 0 aromatic carbocycles. The Morgan fingerprint density at radius 3 is 1.38 bits per heavy atom. The van der Waals surface area contributed by atoms with E-state index >= 15 is 0 Å².